The zero-order valence-electron chi connectivity index (χ0n) is 16.3. The van der Waals surface area contributed by atoms with Crippen molar-refractivity contribution in [3.63, 3.8) is 0 Å². The van der Waals surface area contributed by atoms with E-state index in [0.717, 1.165) is 0 Å². The van der Waals surface area contributed by atoms with Gasteiger partial charge in [-0.15, -0.1) is 0 Å². The van der Waals surface area contributed by atoms with Gasteiger partial charge in [-0.1, -0.05) is 56.2 Å². The third-order valence-corrected chi connectivity index (χ3v) is 3.17. The predicted molar refractivity (Wildman–Crippen MR) is 115 cm³/mol. The molecule has 2 N–H and O–H groups in total. The van der Waals surface area contributed by atoms with Crippen LogP contribution in [-0.2, 0) is 9.59 Å². The maximum Gasteiger partial charge on any atom is 0.201 e. The first kappa shape index (κ1) is 23.6. The molecule has 0 atom stereocenters. The molecule has 0 aliphatic carbocycles. The molecule has 0 saturated carbocycles. The van der Waals surface area contributed by atoms with Gasteiger partial charge < -0.3 is 10.6 Å². The standard InChI is InChI=1S/C23H28N2O2/c1-7-13-17-23(27)19(12-6)25-20(14-8-2)18(11-5)24-21(15-9-3)22(26)16-10-4/h7-17,24-25H,1,3,5H2,2,4,6H3/b14-8-,16-10-,17-13-,19-12+,20-18-,21-15+. The summed E-state index contributed by atoms with van der Waals surface area (Å²) in [5.74, 6) is -0.400. The van der Waals surface area contributed by atoms with Crippen molar-refractivity contribution in [3.05, 3.63) is 109 Å². The van der Waals surface area contributed by atoms with Crippen LogP contribution in [0.3, 0.4) is 0 Å². The Bertz CT molecular complexity index is 757. The molecule has 0 aliphatic heterocycles. The van der Waals surface area contributed by atoms with Crippen LogP contribution in [0.25, 0.3) is 0 Å². The van der Waals surface area contributed by atoms with Gasteiger partial charge in [-0.2, -0.15) is 0 Å². The van der Waals surface area contributed by atoms with Crippen molar-refractivity contribution in [3.8, 4) is 0 Å². The van der Waals surface area contributed by atoms with E-state index in [1.54, 1.807) is 50.3 Å². The molecule has 0 aromatic rings. The van der Waals surface area contributed by atoms with Crippen molar-refractivity contribution >= 4 is 11.6 Å². The molecule has 0 spiro atoms. The monoisotopic (exact) mass is 364 g/mol. The first-order valence-electron chi connectivity index (χ1n) is 8.51. The van der Waals surface area contributed by atoms with Crippen LogP contribution in [0.1, 0.15) is 20.8 Å². The molecule has 0 heterocycles. The molecule has 0 rings (SSSR count). The second-order valence-corrected chi connectivity index (χ2v) is 5.12. The topological polar surface area (TPSA) is 58.2 Å². The van der Waals surface area contributed by atoms with Crippen molar-refractivity contribution in [2.75, 3.05) is 0 Å². The predicted octanol–water partition coefficient (Wildman–Crippen LogP) is 4.57. The average Bonchev–Trinajstić information content (AvgIpc) is 2.66. The molecule has 0 radical (unpaired) electrons. The lowest BCUT2D eigenvalue weighted by atomic mass is 10.2. The maximum absolute atomic E-state index is 12.3. The van der Waals surface area contributed by atoms with Gasteiger partial charge in [0.15, 0.2) is 0 Å². The van der Waals surface area contributed by atoms with E-state index in [2.05, 4.69) is 30.4 Å². The normalized spacial score (nSPS) is 13.6. The molecule has 4 heteroatoms. The highest BCUT2D eigenvalue weighted by Gasteiger charge is 2.11. The minimum absolute atomic E-state index is 0.199. The lowest BCUT2D eigenvalue weighted by molar-refractivity contribution is -0.112. The number of hydrogen-bond donors (Lipinski definition) is 2. The van der Waals surface area contributed by atoms with Crippen molar-refractivity contribution in [1.82, 2.24) is 10.6 Å². The Hall–Kier alpha value is -3.40. The molecular formula is C23H28N2O2. The van der Waals surface area contributed by atoms with Gasteiger partial charge in [-0.3, -0.25) is 9.59 Å². The largest absolute Gasteiger partial charge is 0.351 e. The quantitative estimate of drug-likeness (QED) is 0.393. The molecule has 0 saturated heterocycles. The van der Waals surface area contributed by atoms with Crippen LogP contribution < -0.4 is 10.6 Å². The van der Waals surface area contributed by atoms with E-state index in [1.165, 1.54) is 24.3 Å². The third-order valence-electron chi connectivity index (χ3n) is 3.17. The van der Waals surface area contributed by atoms with Crippen molar-refractivity contribution in [1.29, 1.82) is 0 Å². The summed E-state index contributed by atoms with van der Waals surface area (Å²) in [6.07, 6.45) is 17.6. The summed E-state index contributed by atoms with van der Waals surface area (Å²) >= 11 is 0. The molecular weight excluding hydrogens is 336 g/mol. The molecule has 27 heavy (non-hydrogen) atoms. The SMILES string of the molecule is C=C/C=C\C(=O)/C(=C\C)NC(/C=C\C)=C(/C=C)N/C(=C/C=C)C(=O)/C=C\C. The van der Waals surface area contributed by atoms with E-state index >= 15 is 0 Å². The Morgan fingerprint density at radius 1 is 0.741 bits per heavy atom. The van der Waals surface area contributed by atoms with Crippen LogP contribution in [0.15, 0.2) is 109 Å². The Balaban J connectivity index is 5.98. The summed E-state index contributed by atoms with van der Waals surface area (Å²) in [5, 5.41) is 6.14. The fourth-order valence-electron chi connectivity index (χ4n) is 1.95. The highest BCUT2D eigenvalue weighted by atomic mass is 16.1. The summed E-state index contributed by atoms with van der Waals surface area (Å²) in [5.41, 5.74) is 1.85. The van der Waals surface area contributed by atoms with Crippen LogP contribution in [0.4, 0.5) is 0 Å². The van der Waals surface area contributed by atoms with Crippen LogP contribution in [0.2, 0.25) is 0 Å². The van der Waals surface area contributed by atoms with Gasteiger partial charge in [-0.05, 0) is 51.2 Å². The Kier molecular flexibility index (Phi) is 12.1. The van der Waals surface area contributed by atoms with Gasteiger partial charge in [0.1, 0.15) is 0 Å². The van der Waals surface area contributed by atoms with Crippen molar-refractivity contribution < 1.29 is 9.59 Å². The Morgan fingerprint density at radius 2 is 1.33 bits per heavy atom. The first-order chi connectivity index (χ1) is 13.0. The molecule has 0 amide bonds. The number of allylic oxidation sites excluding steroid dienone is 11. The number of hydrogen-bond acceptors (Lipinski definition) is 4. The van der Waals surface area contributed by atoms with Gasteiger partial charge in [-0.25, -0.2) is 0 Å². The summed E-state index contributed by atoms with van der Waals surface area (Å²) in [7, 11) is 0. The minimum atomic E-state index is -0.201. The first-order valence-corrected chi connectivity index (χ1v) is 8.51. The van der Waals surface area contributed by atoms with Crippen LogP contribution in [0, 0.1) is 0 Å². The second kappa shape index (κ2) is 13.8. The average molecular weight is 364 g/mol. The second-order valence-electron chi connectivity index (χ2n) is 5.12. The molecule has 0 unspecified atom stereocenters. The van der Waals surface area contributed by atoms with Gasteiger partial charge in [0.25, 0.3) is 0 Å². The maximum atomic E-state index is 12.3. The van der Waals surface area contributed by atoms with Crippen LogP contribution in [0.5, 0.6) is 0 Å². The number of carbonyl (C=O) groups excluding carboxylic acids is 2. The summed E-state index contributed by atoms with van der Waals surface area (Å²) in [6, 6.07) is 0. The summed E-state index contributed by atoms with van der Waals surface area (Å²) in [4.78, 5) is 24.5. The molecule has 0 aromatic carbocycles. The molecule has 0 bridgehead atoms. The van der Waals surface area contributed by atoms with E-state index in [4.69, 9.17) is 0 Å². The molecule has 4 nitrogen and oxygen atoms in total. The van der Waals surface area contributed by atoms with Gasteiger partial charge in [0, 0.05) is 0 Å². The zero-order valence-corrected chi connectivity index (χ0v) is 16.3. The van der Waals surface area contributed by atoms with Crippen LogP contribution in [-0.4, -0.2) is 11.6 Å². The Labute approximate surface area is 162 Å². The number of ketones is 2. The molecule has 142 valence electrons. The van der Waals surface area contributed by atoms with Gasteiger partial charge in [0.05, 0.1) is 22.8 Å². The zero-order chi connectivity index (χ0) is 20.7. The van der Waals surface area contributed by atoms with E-state index in [-0.39, 0.29) is 11.6 Å². The fraction of sp³-hybridized carbons (Fsp3) is 0.130. The van der Waals surface area contributed by atoms with Gasteiger partial charge in [0.2, 0.25) is 11.6 Å². The van der Waals surface area contributed by atoms with E-state index in [9.17, 15) is 9.59 Å². The van der Waals surface area contributed by atoms with Crippen LogP contribution >= 0.6 is 0 Å². The number of rotatable bonds is 12. The summed E-state index contributed by atoms with van der Waals surface area (Å²) < 4.78 is 0. The summed E-state index contributed by atoms with van der Waals surface area (Å²) in [6.45, 7) is 16.4. The lowest BCUT2D eigenvalue weighted by Gasteiger charge is -2.16. The van der Waals surface area contributed by atoms with E-state index in [0.29, 0.717) is 22.8 Å². The third kappa shape index (κ3) is 8.50. The molecule has 0 aliphatic rings. The molecule has 0 fully saturated rings. The van der Waals surface area contributed by atoms with Crippen molar-refractivity contribution in [2.24, 2.45) is 0 Å². The van der Waals surface area contributed by atoms with E-state index < -0.39 is 0 Å². The smallest absolute Gasteiger partial charge is 0.201 e. The minimum Gasteiger partial charge on any atom is -0.351 e. The lowest BCUT2D eigenvalue weighted by Crippen LogP contribution is -2.25. The fourth-order valence-corrected chi connectivity index (χ4v) is 1.95. The number of carbonyl (C=O) groups is 2. The highest BCUT2D eigenvalue weighted by Crippen LogP contribution is 2.10. The van der Waals surface area contributed by atoms with Crippen molar-refractivity contribution in [2.45, 2.75) is 20.8 Å². The van der Waals surface area contributed by atoms with E-state index in [1.807, 2.05) is 13.0 Å². The highest BCUT2D eigenvalue weighted by molar-refractivity contribution is 6.04. The number of nitrogens with one attached hydrogen (secondary N) is 2. The molecule has 0 aromatic heterocycles. The van der Waals surface area contributed by atoms with Gasteiger partial charge >= 0.3 is 0 Å². The Morgan fingerprint density at radius 3 is 1.81 bits per heavy atom.